The van der Waals surface area contributed by atoms with E-state index in [1.807, 2.05) is 6.92 Å². The summed E-state index contributed by atoms with van der Waals surface area (Å²) in [5.74, 6) is -3.57. The molecule has 3 nitrogen and oxygen atoms in total. The van der Waals surface area contributed by atoms with Gasteiger partial charge in [-0.1, -0.05) is 6.92 Å². The van der Waals surface area contributed by atoms with Crippen molar-refractivity contribution in [1.82, 2.24) is 9.97 Å². The second-order valence-electron chi connectivity index (χ2n) is 3.93. The molecule has 0 radical (unpaired) electrons. The number of hydrogen-bond acceptors (Lipinski definition) is 3. The van der Waals surface area contributed by atoms with E-state index in [2.05, 4.69) is 15.3 Å². The molecule has 1 heterocycles. The summed E-state index contributed by atoms with van der Waals surface area (Å²) in [6, 6.07) is 1.80. The van der Waals surface area contributed by atoms with Gasteiger partial charge < -0.3 is 5.32 Å². The fraction of sp³-hybridized carbons (Fsp3) is 0.231. The first-order chi connectivity index (χ1) is 9.13. The number of hydrogen-bond donors (Lipinski definition) is 1. The average molecular weight is 267 g/mol. The summed E-state index contributed by atoms with van der Waals surface area (Å²) >= 11 is 0. The number of halogens is 3. The molecule has 0 aliphatic heterocycles. The fourth-order valence-corrected chi connectivity index (χ4v) is 1.61. The van der Waals surface area contributed by atoms with Gasteiger partial charge in [-0.3, -0.25) is 4.98 Å². The molecule has 2 aromatic rings. The van der Waals surface area contributed by atoms with Gasteiger partial charge in [-0.05, 0) is 18.6 Å². The molecule has 0 amide bonds. The molecule has 0 saturated heterocycles. The molecule has 100 valence electrons. The molecular weight excluding hydrogens is 255 g/mol. The Bertz CT molecular complexity index is 564. The Morgan fingerprint density at radius 2 is 1.68 bits per heavy atom. The van der Waals surface area contributed by atoms with Gasteiger partial charge in [0.2, 0.25) is 0 Å². The van der Waals surface area contributed by atoms with Crippen molar-refractivity contribution >= 4 is 5.82 Å². The van der Waals surface area contributed by atoms with Crippen LogP contribution in [0.2, 0.25) is 0 Å². The lowest BCUT2D eigenvalue weighted by Gasteiger charge is -2.09. The molecule has 0 saturated carbocycles. The number of aromatic nitrogens is 2. The van der Waals surface area contributed by atoms with E-state index in [4.69, 9.17) is 0 Å². The zero-order chi connectivity index (χ0) is 13.8. The van der Waals surface area contributed by atoms with Crippen LogP contribution in [0.1, 0.15) is 13.3 Å². The maximum absolute atomic E-state index is 13.2. The van der Waals surface area contributed by atoms with Crippen LogP contribution < -0.4 is 5.32 Å². The van der Waals surface area contributed by atoms with E-state index in [0.717, 1.165) is 18.6 Å². The number of benzene rings is 1. The third-order valence-electron chi connectivity index (χ3n) is 2.50. The number of rotatable bonds is 4. The first-order valence-corrected chi connectivity index (χ1v) is 5.83. The van der Waals surface area contributed by atoms with E-state index < -0.39 is 17.5 Å². The Balaban J connectivity index is 2.46. The highest BCUT2D eigenvalue weighted by molar-refractivity contribution is 5.71. The number of nitrogens with one attached hydrogen (secondary N) is 1. The SMILES string of the molecule is CCCNc1nccnc1-c1cc(F)c(F)c(F)c1. The maximum atomic E-state index is 13.2. The van der Waals surface area contributed by atoms with Crippen molar-refractivity contribution in [2.24, 2.45) is 0 Å². The summed E-state index contributed by atoms with van der Waals surface area (Å²) in [4.78, 5) is 8.10. The quantitative estimate of drug-likeness (QED) is 0.863. The highest BCUT2D eigenvalue weighted by atomic mass is 19.2. The van der Waals surface area contributed by atoms with Gasteiger partial charge in [0.1, 0.15) is 5.69 Å². The summed E-state index contributed by atoms with van der Waals surface area (Å²) in [6.07, 6.45) is 3.74. The van der Waals surface area contributed by atoms with Crippen molar-refractivity contribution in [3.8, 4) is 11.3 Å². The minimum atomic E-state index is -1.49. The van der Waals surface area contributed by atoms with E-state index in [1.165, 1.54) is 12.4 Å². The summed E-state index contributed by atoms with van der Waals surface area (Å²) in [7, 11) is 0. The first-order valence-electron chi connectivity index (χ1n) is 5.83. The van der Waals surface area contributed by atoms with Crippen LogP contribution in [0.4, 0.5) is 19.0 Å². The fourth-order valence-electron chi connectivity index (χ4n) is 1.61. The van der Waals surface area contributed by atoms with Crippen molar-refractivity contribution in [2.75, 3.05) is 11.9 Å². The van der Waals surface area contributed by atoms with Crippen LogP contribution in [0.5, 0.6) is 0 Å². The number of nitrogens with zero attached hydrogens (tertiary/aromatic N) is 2. The van der Waals surface area contributed by atoms with Crippen LogP contribution >= 0.6 is 0 Å². The lowest BCUT2D eigenvalue weighted by molar-refractivity contribution is 0.447. The Hall–Kier alpha value is -2.11. The lowest BCUT2D eigenvalue weighted by Crippen LogP contribution is -2.05. The van der Waals surface area contributed by atoms with E-state index in [1.54, 1.807) is 0 Å². The zero-order valence-corrected chi connectivity index (χ0v) is 10.3. The third kappa shape index (κ3) is 2.83. The summed E-state index contributed by atoms with van der Waals surface area (Å²) in [6.45, 7) is 2.62. The lowest BCUT2D eigenvalue weighted by atomic mass is 10.1. The summed E-state index contributed by atoms with van der Waals surface area (Å²) in [5, 5.41) is 3.00. The molecule has 0 spiro atoms. The van der Waals surface area contributed by atoms with Crippen LogP contribution in [0.25, 0.3) is 11.3 Å². The molecule has 2 rings (SSSR count). The van der Waals surface area contributed by atoms with Gasteiger partial charge in [0.15, 0.2) is 23.3 Å². The van der Waals surface area contributed by atoms with Crippen molar-refractivity contribution in [3.05, 3.63) is 42.0 Å². The van der Waals surface area contributed by atoms with Crippen LogP contribution in [-0.4, -0.2) is 16.5 Å². The van der Waals surface area contributed by atoms with Crippen LogP contribution in [0.3, 0.4) is 0 Å². The van der Waals surface area contributed by atoms with Crippen LogP contribution in [0, 0.1) is 17.5 Å². The summed E-state index contributed by atoms with van der Waals surface area (Å²) < 4.78 is 39.4. The standard InChI is InChI=1S/C13H12F3N3/c1-2-3-18-13-12(17-4-5-19-13)8-6-9(14)11(16)10(15)7-8/h4-7H,2-3H2,1H3,(H,18,19). The molecule has 0 fully saturated rings. The smallest absolute Gasteiger partial charge is 0.194 e. The van der Waals surface area contributed by atoms with Crippen LogP contribution in [0.15, 0.2) is 24.5 Å². The predicted octanol–water partition coefficient (Wildman–Crippen LogP) is 3.38. The Kier molecular flexibility index (Phi) is 3.99. The van der Waals surface area contributed by atoms with Gasteiger partial charge in [0.05, 0.1) is 0 Å². The molecule has 1 N–H and O–H groups in total. The van der Waals surface area contributed by atoms with Gasteiger partial charge in [0.25, 0.3) is 0 Å². The molecule has 0 atom stereocenters. The highest BCUT2D eigenvalue weighted by Gasteiger charge is 2.15. The van der Waals surface area contributed by atoms with Crippen molar-refractivity contribution in [2.45, 2.75) is 13.3 Å². The summed E-state index contributed by atoms with van der Waals surface area (Å²) in [5.41, 5.74) is 0.428. The minimum Gasteiger partial charge on any atom is -0.368 e. The second-order valence-corrected chi connectivity index (χ2v) is 3.93. The molecule has 0 bridgehead atoms. The molecule has 0 aliphatic carbocycles. The second kappa shape index (κ2) is 5.69. The maximum Gasteiger partial charge on any atom is 0.194 e. The van der Waals surface area contributed by atoms with Crippen molar-refractivity contribution in [1.29, 1.82) is 0 Å². The van der Waals surface area contributed by atoms with Gasteiger partial charge in [-0.25, -0.2) is 18.2 Å². The number of anilines is 1. The Morgan fingerprint density at radius 3 is 2.32 bits per heavy atom. The Labute approximate surface area is 108 Å². The topological polar surface area (TPSA) is 37.8 Å². The molecule has 0 unspecified atom stereocenters. The molecule has 0 aliphatic rings. The Morgan fingerprint density at radius 1 is 1.05 bits per heavy atom. The van der Waals surface area contributed by atoms with E-state index >= 15 is 0 Å². The molecule has 6 heteroatoms. The van der Waals surface area contributed by atoms with Gasteiger partial charge in [0, 0.05) is 24.5 Å². The van der Waals surface area contributed by atoms with Crippen molar-refractivity contribution < 1.29 is 13.2 Å². The van der Waals surface area contributed by atoms with Gasteiger partial charge >= 0.3 is 0 Å². The predicted molar refractivity (Wildman–Crippen MR) is 66.1 cm³/mol. The third-order valence-corrected chi connectivity index (χ3v) is 2.50. The zero-order valence-electron chi connectivity index (χ0n) is 10.3. The average Bonchev–Trinajstić information content (AvgIpc) is 2.42. The van der Waals surface area contributed by atoms with Crippen molar-refractivity contribution in [3.63, 3.8) is 0 Å². The molecular formula is C13H12F3N3. The van der Waals surface area contributed by atoms with Crippen LogP contribution in [-0.2, 0) is 0 Å². The molecule has 1 aromatic heterocycles. The van der Waals surface area contributed by atoms with E-state index in [9.17, 15) is 13.2 Å². The monoisotopic (exact) mass is 267 g/mol. The molecule has 19 heavy (non-hydrogen) atoms. The first kappa shape index (κ1) is 13.3. The normalized spacial score (nSPS) is 10.5. The van der Waals surface area contributed by atoms with Gasteiger partial charge in [-0.2, -0.15) is 0 Å². The van der Waals surface area contributed by atoms with E-state index in [-0.39, 0.29) is 11.3 Å². The molecule has 1 aromatic carbocycles. The van der Waals surface area contributed by atoms with E-state index in [0.29, 0.717) is 12.4 Å². The minimum absolute atomic E-state index is 0.142. The van der Waals surface area contributed by atoms with Gasteiger partial charge in [-0.15, -0.1) is 0 Å². The largest absolute Gasteiger partial charge is 0.368 e. The highest BCUT2D eigenvalue weighted by Crippen LogP contribution is 2.26.